The molecule has 0 aliphatic rings. The SMILES string of the molecule is C=CCCCOc1ccc(CCN)cc1F. The molecule has 0 aliphatic heterocycles. The molecular formula is C13H18FNO. The van der Waals surface area contributed by atoms with Crippen molar-refractivity contribution in [2.45, 2.75) is 19.3 Å². The summed E-state index contributed by atoms with van der Waals surface area (Å²) in [5, 5.41) is 0. The molecule has 0 bridgehead atoms. The second-order valence-corrected chi connectivity index (χ2v) is 3.58. The Morgan fingerprint density at radius 2 is 2.25 bits per heavy atom. The third-order valence-corrected chi connectivity index (χ3v) is 2.24. The lowest BCUT2D eigenvalue weighted by Crippen LogP contribution is -2.04. The molecule has 88 valence electrons. The summed E-state index contributed by atoms with van der Waals surface area (Å²) < 4.78 is 18.8. The number of nitrogens with two attached hydrogens (primary N) is 1. The van der Waals surface area contributed by atoms with Crippen LogP contribution in [-0.2, 0) is 6.42 Å². The summed E-state index contributed by atoms with van der Waals surface area (Å²) in [6.07, 6.45) is 4.25. The maximum atomic E-state index is 13.5. The van der Waals surface area contributed by atoms with Crippen LogP contribution in [0.4, 0.5) is 4.39 Å². The zero-order valence-corrected chi connectivity index (χ0v) is 9.42. The molecule has 0 aromatic heterocycles. The molecule has 1 aromatic carbocycles. The number of allylic oxidation sites excluding steroid dienone is 1. The number of halogens is 1. The summed E-state index contributed by atoms with van der Waals surface area (Å²) in [7, 11) is 0. The number of unbranched alkanes of at least 4 members (excludes halogenated alkanes) is 1. The van der Waals surface area contributed by atoms with Crippen LogP contribution in [0.15, 0.2) is 30.9 Å². The minimum absolute atomic E-state index is 0.310. The van der Waals surface area contributed by atoms with E-state index in [1.54, 1.807) is 6.07 Å². The van der Waals surface area contributed by atoms with Crippen molar-refractivity contribution in [3.8, 4) is 5.75 Å². The standard InChI is InChI=1S/C13H18FNO/c1-2-3-4-9-16-13-6-5-11(7-8-15)10-12(13)14/h2,5-6,10H,1,3-4,7-9,15H2. The molecule has 1 aromatic rings. The van der Waals surface area contributed by atoms with E-state index in [0.717, 1.165) is 18.4 Å². The van der Waals surface area contributed by atoms with Gasteiger partial charge >= 0.3 is 0 Å². The Balaban J connectivity index is 2.50. The molecule has 0 heterocycles. The molecule has 0 radical (unpaired) electrons. The average molecular weight is 223 g/mol. The molecule has 0 amide bonds. The van der Waals surface area contributed by atoms with Gasteiger partial charge < -0.3 is 10.5 Å². The van der Waals surface area contributed by atoms with Crippen LogP contribution >= 0.6 is 0 Å². The smallest absolute Gasteiger partial charge is 0.165 e. The highest BCUT2D eigenvalue weighted by molar-refractivity contribution is 5.29. The van der Waals surface area contributed by atoms with Gasteiger partial charge in [-0.15, -0.1) is 6.58 Å². The van der Waals surface area contributed by atoms with Gasteiger partial charge in [0.1, 0.15) is 0 Å². The highest BCUT2D eigenvalue weighted by Crippen LogP contribution is 2.18. The molecular weight excluding hydrogens is 205 g/mol. The molecule has 0 unspecified atom stereocenters. The minimum Gasteiger partial charge on any atom is -0.491 e. The van der Waals surface area contributed by atoms with E-state index in [9.17, 15) is 4.39 Å². The van der Waals surface area contributed by atoms with E-state index in [4.69, 9.17) is 10.5 Å². The maximum absolute atomic E-state index is 13.5. The monoisotopic (exact) mass is 223 g/mol. The highest BCUT2D eigenvalue weighted by Gasteiger charge is 2.03. The van der Waals surface area contributed by atoms with E-state index in [1.807, 2.05) is 12.1 Å². The number of hydrogen-bond donors (Lipinski definition) is 1. The average Bonchev–Trinajstić information content (AvgIpc) is 2.27. The van der Waals surface area contributed by atoms with E-state index in [1.165, 1.54) is 6.07 Å². The largest absolute Gasteiger partial charge is 0.491 e. The summed E-state index contributed by atoms with van der Waals surface area (Å²) >= 11 is 0. The van der Waals surface area contributed by atoms with Crippen LogP contribution in [0.5, 0.6) is 5.75 Å². The highest BCUT2D eigenvalue weighted by atomic mass is 19.1. The van der Waals surface area contributed by atoms with Crippen LogP contribution in [0.25, 0.3) is 0 Å². The fourth-order valence-corrected chi connectivity index (χ4v) is 1.39. The van der Waals surface area contributed by atoms with Crippen LogP contribution in [0.3, 0.4) is 0 Å². The van der Waals surface area contributed by atoms with Gasteiger partial charge in [0.2, 0.25) is 0 Å². The zero-order chi connectivity index (χ0) is 11.8. The lowest BCUT2D eigenvalue weighted by molar-refractivity contribution is 0.296. The lowest BCUT2D eigenvalue weighted by Gasteiger charge is -2.07. The normalized spacial score (nSPS) is 10.1. The van der Waals surface area contributed by atoms with E-state index in [-0.39, 0.29) is 5.82 Å². The number of rotatable bonds is 7. The molecule has 2 N–H and O–H groups in total. The molecule has 16 heavy (non-hydrogen) atoms. The lowest BCUT2D eigenvalue weighted by atomic mass is 10.1. The van der Waals surface area contributed by atoms with Crippen molar-refractivity contribution in [1.29, 1.82) is 0 Å². The van der Waals surface area contributed by atoms with Gasteiger partial charge in [0.15, 0.2) is 11.6 Å². The third kappa shape index (κ3) is 4.03. The van der Waals surface area contributed by atoms with Crippen molar-refractivity contribution in [3.05, 3.63) is 42.2 Å². The van der Waals surface area contributed by atoms with Gasteiger partial charge in [-0.3, -0.25) is 0 Å². The van der Waals surface area contributed by atoms with Gasteiger partial charge in [-0.2, -0.15) is 0 Å². The Kier molecular flexibility index (Phi) is 5.57. The first kappa shape index (κ1) is 12.7. The van der Waals surface area contributed by atoms with Crippen molar-refractivity contribution < 1.29 is 9.13 Å². The number of benzene rings is 1. The van der Waals surface area contributed by atoms with Gasteiger partial charge in [-0.25, -0.2) is 4.39 Å². The Bertz CT molecular complexity index is 339. The predicted octanol–water partition coefficient (Wildman–Crippen LogP) is 2.67. The van der Waals surface area contributed by atoms with Gasteiger partial charge in [0.05, 0.1) is 6.61 Å². The fraction of sp³-hybridized carbons (Fsp3) is 0.385. The second kappa shape index (κ2) is 7.01. The van der Waals surface area contributed by atoms with Crippen molar-refractivity contribution in [2.75, 3.05) is 13.2 Å². The van der Waals surface area contributed by atoms with Crippen molar-refractivity contribution >= 4 is 0 Å². The molecule has 0 aliphatic carbocycles. The first-order valence-corrected chi connectivity index (χ1v) is 5.50. The van der Waals surface area contributed by atoms with Crippen LogP contribution < -0.4 is 10.5 Å². The van der Waals surface area contributed by atoms with Crippen molar-refractivity contribution in [2.24, 2.45) is 5.73 Å². The van der Waals surface area contributed by atoms with E-state index in [2.05, 4.69) is 6.58 Å². The van der Waals surface area contributed by atoms with Crippen LogP contribution in [0, 0.1) is 5.82 Å². The first-order valence-electron chi connectivity index (χ1n) is 5.50. The van der Waals surface area contributed by atoms with Crippen LogP contribution in [-0.4, -0.2) is 13.2 Å². The number of ether oxygens (including phenoxy) is 1. The quantitative estimate of drug-likeness (QED) is 0.569. The third-order valence-electron chi connectivity index (χ3n) is 2.24. The van der Waals surface area contributed by atoms with Crippen LogP contribution in [0.2, 0.25) is 0 Å². The number of hydrogen-bond acceptors (Lipinski definition) is 2. The Hall–Kier alpha value is -1.35. The Labute approximate surface area is 95.9 Å². The summed E-state index contributed by atoms with van der Waals surface area (Å²) in [5.74, 6) is -0.00520. The van der Waals surface area contributed by atoms with Gasteiger partial charge in [-0.05, 0) is 43.5 Å². The van der Waals surface area contributed by atoms with Gasteiger partial charge in [-0.1, -0.05) is 12.1 Å². The van der Waals surface area contributed by atoms with Crippen LogP contribution in [0.1, 0.15) is 18.4 Å². The molecule has 0 saturated carbocycles. The minimum atomic E-state index is -0.315. The molecule has 0 spiro atoms. The fourth-order valence-electron chi connectivity index (χ4n) is 1.39. The molecule has 3 heteroatoms. The van der Waals surface area contributed by atoms with Crippen molar-refractivity contribution in [3.63, 3.8) is 0 Å². The van der Waals surface area contributed by atoms with Gasteiger partial charge in [0, 0.05) is 0 Å². The first-order chi connectivity index (χ1) is 7.77. The molecule has 2 nitrogen and oxygen atoms in total. The van der Waals surface area contributed by atoms with E-state index >= 15 is 0 Å². The van der Waals surface area contributed by atoms with Gasteiger partial charge in [0.25, 0.3) is 0 Å². The van der Waals surface area contributed by atoms with Crippen molar-refractivity contribution in [1.82, 2.24) is 0 Å². The molecule has 0 atom stereocenters. The maximum Gasteiger partial charge on any atom is 0.165 e. The second-order valence-electron chi connectivity index (χ2n) is 3.58. The summed E-state index contributed by atoms with van der Waals surface area (Å²) in [6, 6.07) is 4.99. The zero-order valence-electron chi connectivity index (χ0n) is 9.42. The predicted molar refractivity (Wildman–Crippen MR) is 64.1 cm³/mol. The Morgan fingerprint density at radius 3 is 2.88 bits per heavy atom. The molecule has 0 saturated heterocycles. The Morgan fingerprint density at radius 1 is 1.44 bits per heavy atom. The molecule has 1 rings (SSSR count). The van der Waals surface area contributed by atoms with E-state index in [0.29, 0.717) is 25.3 Å². The summed E-state index contributed by atoms with van der Waals surface area (Å²) in [5.41, 5.74) is 6.30. The van der Waals surface area contributed by atoms with E-state index < -0.39 is 0 Å². The summed E-state index contributed by atoms with van der Waals surface area (Å²) in [6.45, 7) is 4.65. The topological polar surface area (TPSA) is 35.2 Å². The summed E-state index contributed by atoms with van der Waals surface area (Å²) in [4.78, 5) is 0. The molecule has 0 fully saturated rings.